The molecule has 0 aliphatic heterocycles. The van der Waals surface area contributed by atoms with Gasteiger partial charge in [-0.15, -0.1) is 24.0 Å². The third-order valence-electron chi connectivity index (χ3n) is 1.83. The number of thiophene rings is 1. The zero-order chi connectivity index (χ0) is 9.42. The number of fused-ring (bicyclic) bond motifs is 1. The number of ether oxygens (including phenoxy) is 1. The molecule has 68 valence electrons. The van der Waals surface area contributed by atoms with Crippen LogP contribution in [0.1, 0.15) is 0 Å². The Labute approximate surface area is 85.7 Å². The van der Waals surface area contributed by atoms with E-state index in [1.807, 2.05) is 18.2 Å². The van der Waals surface area contributed by atoms with Crippen LogP contribution < -0.4 is 10.5 Å². The molecule has 1 aromatic heterocycles. The molecule has 2 nitrogen and oxygen atoms in total. The molecule has 0 saturated heterocycles. The number of nitrogens with two attached hydrogens (primary N) is 1. The van der Waals surface area contributed by atoms with Gasteiger partial charge in [0.1, 0.15) is 5.75 Å². The predicted molar refractivity (Wildman–Crippen MR) is 60.0 cm³/mol. The molecule has 1 heterocycles. The number of rotatable bonds is 1. The van der Waals surface area contributed by atoms with E-state index in [0.29, 0.717) is 0 Å². The molecule has 0 saturated carbocycles. The molecule has 0 amide bonds. The van der Waals surface area contributed by atoms with Crippen molar-refractivity contribution in [3.63, 3.8) is 0 Å². The molecule has 0 fully saturated rings. The van der Waals surface area contributed by atoms with E-state index in [0.717, 1.165) is 25.7 Å². The Hall–Kier alpha value is -0.870. The summed E-state index contributed by atoms with van der Waals surface area (Å²) < 4.78 is 7.30. The molecule has 0 radical (unpaired) electrons. The van der Waals surface area contributed by atoms with Crippen LogP contribution in [-0.2, 0) is 0 Å². The maximum atomic E-state index is 5.71. The van der Waals surface area contributed by atoms with Gasteiger partial charge in [-0.1, -0.05) is 0 Å². The molecule has 0 atom stereocenters. The van der Waals surface area contributed by atoms with Crippen molar-refractivity contribution in [1.82, 2.24) is 0 Å². The van der Waals surface area contributed by atoms with Gasteiger partial charge in [0.25, 0.3) is 0 Å². The highest BCUT2D eigenvalue weighted by molar-refractivity contribution is 7.83. The van der Waals surface area contributed by atoms with E-state index in [2.05, 4.69) is 12.6 Å². The first-order chi connectivity index (χ1) is 6.20. The summed E-state index contributed by atoms with van der Waals surface area (Å²) in [5.74, 6) is 0.812. The summed E-state index contributed by atoms with van der Waals surface area (Å²) in [6.07, 6.45) is 0. The van der Waals surface area contributed by atoms with Gasteiger partial charge in [0.15, 0.2) is 0 Å². The molecule has 13 heavy (non-hydrogen) atoms. The third kappa shape index (κ3) is 1.47. The fourth-order valence-electron chi connectivity index (χ4n) is 1.28. The zero-order valence-electron chi connectivity index (χ0n) is 7.07. The average molecular weight is 211 g/mol. The Morgan fingerprint density at radius 2 is 2.15 bits per heavy atom. The van der Waals surface area contributed by atoms with E-state index >= 15 is 0 Å². The molecule has 2 rings (SSSR count). The van der Waals surface area contributed by atoms with E-state index in [9.17, 15) is 0 Å². The maximum absolute atomic E-state index is 5.71. The van der Waals surface area contributed by atoms with Crippen molar-refractivity contribution in [1.29, 1.82) is 0 Å². The van der Waals surface area contributed by atoms with Crippen molar-refractivity contribution in [2.45, 2.75) is 4.21 Å². The summed E-state index contributed by atoms with van der Waals surface area (Å²) in [6, 6.07) is 5.74. The van der Waals surface area contributed by atoms with E-state index in [4.69, 9.17) is 10.5 Å². The van der Waals surface area contributed by atoms with Crippen molar-refractivity contribution in [2.24, 2.45) is 0 Å². The van der Waals surface area contributed by atoms with Gasteiger partial charge in [0, 0.05) is 21.8 Å². The number of methoxy groups -OCH3 is 1. The lowest BCUT2D eigenvalue weighted by atomic mass is 10.2. The highest BCUT2D eigenvalue weighted by Crippen LogP contribution is 2.36. The number of hydrogen-bond donors (Lipinski definition) is 2. The van der Waals surface area contributed by atoms with Crippen LogP contribution in [0.4, 0.5) is 5.69 Å². The lowest BCUT2D eigenvalue weighted by Crippen LogP contribution is -1.87. The van der Waals surface area contributed by atoms with Gasteiger partial charge >= 0.3 is 0 Å². The maximum Gasteiger partial charge on any atom is 0.129 e. The van der Waals surface area contributed by atoms with Gasteiger partial charge in [-0.05, 0) is 12.1 Å². The second-order valence-corrected chi connectivity index (χ2v) is 4.59. The average Bonchev–Trinajstić information content (AvgIpc) is 2.43. The van der Waals surface area contributed by atoms with Crippen LogP contribution in [0.25, 0.3) is 10.1 Å². The Morgan fingerprint density at radius 1 is 1.38 bits per heavy atom. The first-order valence-electron chi connectivity index (χ1n) is 3.76. The normalized spacial score (nSPS) is 10.6. The van der Waals surface area contributed by atoms with Crippen LogP contribution in [0.15, 0.2) is 22.4 Å². The van der Waals surface area contributed by atoms with Gasteiger partial charge in [-0.2, -0.15) is 0 Å². The molecular formula is C9H9NOS2. The number of hydrogen-bond acceptors (Lipinski definition) is 4. The third-order valence-corrected chi connectivity index (χ3v) is 3.12. The van der Waals surface area contributed by atoms with Crippen molar-refractivity contribution in [3.8, 4) is 5.75 Å². The largest absolute Gasteiger partial charge is 0.496 e. The SMILES string of the molecule is COc1cc(N)cc2sc(S)cc12. The summed E-state index contributed by atoms with van der Waals surface area (Å²) in [6.45, 7) is 0. The van der Waals surface area contributed by atoms with Gasteiger partial charge in [0.2, 0.25) is 0 Å². The van der Waals surface area contributed by atoms with Crippen LogP contribution in [0.3, 0.4) is 0 Å². The molecule has 4 heteroatoms. The minimum absolute atomic E-state index is 0.722. The lowest BCUT2D eigenvalue weighted by molar-refractivity contribution is 0.420. The Balaban J connectivity index is 2.80. The first-order valence-corrected chi connectivity index (χ1v) is 5.03. The van der Waals surface area contributed by atoms with E-state index in [1.54, 1.807) is 18.4 Å². The van der Waals surface area contributed by atoms with Crippen molar-refractivity contribution in [2.75, 3.05) is 12.8 Å². The monoisotopic (exact) mass is 211 g/mol. The Bertz CT molecular complexity index is 450. The smallest absolute Gasteiger partial charge is 0.129 e. The molecule has 0 aliphatic carbocycles. The second kappa shape index (κ2) is 3.12. The number of anilines is 1. The van der Waals surface area contributed by atoms with Crippen LogP contribution in [0.2, 0.25) is 0 Å². The fraction of sp³-hybridized carbons (Fsp3) is 0.111. The minimum atomic E-state index is 0.722. The summed E-state index contributed by atoms with van der Waals surface area (Å²) in [4.78, 5) is 0. The van der Waals surface area contributed by atoms with E-state index in [1.165, 1.54) is 0 Å². The zero-order valence-corrected chi connectivity index (χ0v) is 8.78. The predicted octanol–water partition coefficient (Wildman–Crippen LogP) is 2.78. The van der Waals surface area contributed by atoms with E-state index < -0.39 is 0 Å². The number of thiol groups is 1. The minimum Gasteiger partial charge on any atom is -0.496 e. The van der Waals surface area contributed by atoms with Crippen LogP contribution >= 0.6 is 24.0 Å². The Kier molecular flexibility index (Phi) is 2.09. The topological polar surface area (TPSA) is 35.2 Å². The summed E-state index contributed by atoms with van der Waals surface area (Å²) in [5, 5.41) is 1.08. The highest BCUT2D eigenvalue weighted by atomic mass is 32.2. The van der Waals surface area contributed by atoms with Crippen LogP contribution in [-0.4, -0.2) is 7.11 Å². The molecule has 0 spiro atoms. The summed E-state index contributed by atoms with van der Waals surface area (Å²) in [5.41, 5.74) is 6.43. The van der Waals surface area contributed by atoms with Crippen molar-refractivity contribution in [3.05, 3.63) is 18.2 Å². The lowest BCUT2D eigenvalue weighted by Gasteiger charge is -2.02. The summed E-state index contributed by atoms with van der Waals surface area (Å²) in [7, 11) is 1.64. The van der Waals surface area contributed by atoms with Gasteiger partial charge in [0.05, 0.1) is 11.3 Å². The van der Waals surface area contributed by atoms with Gasteiger partial charge < -0.3 is 10.5 Å². The number of benzene rings is 1. The standard InChI is InChI=1S/C9H9NOS2/c1-11-7-2-5(10)3-8-6(7)4-9(12)13-8/h2-4,12H,10H2,1H3. The summed E-state index contributed by atoms with van der Waals surface area (Å²) >= 11 is 5.89. The van der Waals surface area contributed by atoms with Crippen molar-refractivity contribution >= 4 is 39.7 Å². The molecule has 0 unspecified atom stereocenters. The van der Waals surface area contributed by atoms with Crippen LogP contribution in [0, 0.1) is 0 Å². The van der Waals surface area contributed by atoms with E-state index in [-0.39, 0.29) is 0 Å². The fourth-order valence-corrected chi connectivity index (χ4v) is 2.57. The van der Waals surface area contributed by atoms with Gasteiger partial charge in [-0.3, -0.25) is 0 Å². The van der Waals surface area contributed by atoms with Gasteiger partial charge in [-0.25, -0.2) is 0 Å². The molecule has 0 bridgehead atoms. The molecule has 0 aliphatic rings. The van der Waals surface area contributed by atoms with Crippen molar-refractivity contribution < 1.29 is 4.74 Å². The second-order valence-electron chi connectivity index (χ2n) is 2.72. The quantitative estimate of drug-likeness (QED) is 0.562. The number of nitrogen functional groups attached to an aromatic ring is 1. The first kappa shape index (κ1) is 8.72. The molecule has 1 aromatic carbocycles. The Morgan fingerprint density at radius 3 is 2.85 bits per heavy atom. The molecule has 2 aromatic rings. The molecule has 2 N–H and O–H groups in total. The van der Waals surface area contributed by atoms with Crippen LogP contribution in [0.5, 0.6) is 5.75 Å². The highest BCUT2D eigenvalue weighted by Gasteiger charge is 2.05. The molecular weight excluding hydrogens is 202 g/mol.